The average molecular weight is 429 g/mol. The van der Waals surface area contributed by atoms with Gasteiger partial charge >= 0.3 is 10.3 Å². The number of carbonyl (C=O) groups is 1. The molecular weight excluding hydrogens is 406 g/mol. The van der Waals surface area contributed by atoms with Crippen LogP contribution in [0.1, 0.15) is 23.7 Å². The zero-order valence-corrected chi connectivity index (χ0v) is 17.3. The number of benzene rings is 2. The molecule has 8 nitrogen and oxygen atoms in total. The fourth-order valence-electron chi connectivity index (χ4n) is 2.86. The largest absolute Gasteiger partial charge is 0.444 e. The number of aryl methyl sites for hydroxylation is 1. The third kappa shape index (κ3) is 6.43. The van der Waals surface area contributed by atoms with Crippen molar-refractivity contribution < 1.29 is 21.8 Å². The number of oxazole rings is 1. The highest BCUT2D eigenvalue weighted by molar-refractivity contribution is 7.84. The molecule has 0 saturated heterocycles. The molecule has 0 atom stereocenters. The van der Waals surface area contributed by atoms with E-state index >= 15 is 0 Å². The Bertz CT molecular complexity index is 1110. The predicted molar refractivity (Wildman–Crippen MR) is 112 cm³/mol. The molecule has 0 bridgehead atoms. The normalized spacial score (nSPS) is 11.3. The topological polar surface area (TPSA) is 125 Å². The van der Waals surface area contributed by atoms with Crippen molar-refractivity contribution in [1.82, 2.24) is 10.3 Å². The molecule has 0 aliphatic carbocycles. The van der Waals surface area contributed by atoms with Crippen LogP contribution in [0.2, 0.25) is 0 Å². The lowest BCUT2D eigenvalue weighted by Crippen LogP contribution is -2.27. The van der Waals surface area contributed by atoms with Gasteiger partial charge in [0.25, 0.3) is 0 Å². The van der Waals surface area contributed by atoms with E-state index in [1.54, 1.807) is 18.4 Å². The van der Waals surface area contributed by atoms with Crippen molar-refractivity contribution in [3.8, 4) is 17.2 Å². The van der Waals surface area contributed by atoms with Crippen LogP contribution in [-0.4, -0.2) is 25.9 Å². The van der Waals surface area contributed by atoms with Crippen LogP contribution in [0.5, 0.6) is 5.75 Å². The SMILES string of the molecule is CCc1coc(-c2cccc(CC(=O)NCCc3ccc(OS(N)(=O)=O)cc3)c2)n1. The third-order valence-corrected chi connectivity index (χ3v) is 4.75. The van der Waals surface area contributed by atoms with Gasteiger partial charge < -0.3 is 13.9 Å². The van der Waals surface area contributed by atoms with Crippen LogP contribution in [0.4, 0.5) is 0 Å². The third-order valence-electron chi connectivity index (χ3n) is 4.32. The van der Waals surface area contributed by atoms with Crippen molar-refractivity contribution in [2.75, 3.05) is 6.54 Å². The van der Waals surface area contributed by atoms with Gasteiger partial charge in [-0.05, 0) is 48.2 Å². The molecular formula is C21H23N3O5S. The Morgan fingerprint density at radius 3 is 2.60 bits per heavy atom. The van der Waals surface area contributed by atoms with Crippen molar-refractivity contribution in [2.24, 2.45) is 5.14 Å². The lowest BCUT2D eigenvalue weighted by atomic mass is 10.1. The molecule has 0 spiro atoms. The molecule has 1 heterocycles. The molecule has 0 unspecified atom stereocenters. The molecule has 158 valence electrons. The number of nitrogens with zero attached hydrogens (tertiary/aromatic N) is 1. The number of nitrogens with one attached hydrogen (secondary N) is 1. The average Bonchev–Trinajstić information content (AvgIpc) is 3.18. The summed E-state index contributed by atoms with van der Waals surface area (Å²) in [6.45, 7) is 2.46. The van der Waals surface area contributed by atoms with E-state index in [4.69, 9.17) is 9.56 Å². The van der Waals surface area contributed by atoms with E-state index in [0.29, 0.717) is 18.9 Å². The second-order valence-electron chi connectivity index (χ2n) is 6.69. The first kappa shape index (κ1) is 21.5. The van der Waals surface area contributed by atoms with Gasteiger partial charge in [0.1, 0.15) is 12.0 Å². The molecule has 1 amide bonds. The monoisotopic (exact) mass is 429 g/mol. The highest BCUT2D eigenvalue weighted by Crippen LogP contribution is 2.20. The first-order valence-corrected chi connectivity index (χ1v) is 10.9. The van der Waals surface area contributed by atoms with Crippen LogP contribution in [0.15, 0.2) is 59.2 Å². The van der Waals surface area contributed by atoms with Crippen molar-refractivity contribution in [1.29, 1.82) is 0 Å². The Morgan fingerprint density at radius 2 is 1.93 bits per heavy atom. The van der Waals surface area contributed by atoms with Gasteiger partial charge in [0.2, 0.25) is 11.8 Å². The van der Waals surface area contributed by atoms with E-state index < -0.39 is 10.3 Å². The van der Waals surface area contributed by atoms with Gasteiger partial charge in [-0.1, -0.05) is 31.2 Å². The number of hydrogen-bond acceptors (Lipinski definition) is 6. The van der Waals surface area contributed by atoms with E-state index in [1.165, 1.54) is 12.1 Å². The summed E-state index contributed by atoms with van der Waals surface area (Å²) in [5.41, 5.74) is 3.51. The molecule has 3 aromatic rings. The number of aromatic nitrogens is 1. The highest BCUT2D eigenvalue weighted by Gasteiger charge is 2.09. The lowest BCUT2D eigenvalue weighted by Gasteiger charge is -2.07. The van der Waals surface area contributed by atoms with Crippen molar-refractivity contribution in [3.05, 3.63) is 71.6 Å². The summed E-state index contributed by atoms with van der Waals surface area (Å²) in [4.78, 5) is 16.7. The predicted octanol–water partition coefficient (Wildman–Crippen LogP) is 2.39. The van der Waals surface area contributed by atoms with Crippen molar-refractivity contribution in [3.63, 3.8) is 0 Å². The first-order valence-electron chi connectivity index (χ1n) is 9.44. The molecule has 30 heavy (non-hydrogen) atoms. The summed E-state index contributed by atoms with van der Waals surface area (Å²) < 4.78 is 31.9. The number of rotatable bonds is 9. The fraction of sp³-hybridized carbons (Fsp3) is 0.238. The fourth-order valence-corrected chi connectivity index (χ4v) is 3.24. The summed E-state index contributed by atoms with van der Waals surface area (Å²) in [5, 5.41) is 7.71. The Hall–Kier alpha value is -3.17. The molecule has 0 aliphatic rings. The Morgan fingerprint density at radius 1 is 1.17 bits per heavy atom. The number of hydrogen-bond donors (Lipinski definition) is 2. The van der Waals surface area contributed by atoms with E-state index in [0.717, 1.165) is 28.8 Å². The van der Waals surface area contributed by atoms with Gasteiger partial charge in [0.15, 0.2) is 0 Å². The Kier molecular flexibility index (Phi) is 6.86. The van der Waals surface area contributed by atoms with Crippen LogP contribution in [0, 0.1) is 0 Å². The van der Waals surface area contributed by atoms with Gasteiger partial charge in [-0.15, -0.1) is 0 Å². The van der Waals surface area contributed by atoms with Crippen LogP contribution in [0.25, 0.3) is 11.5 Å². The number of nitrogens with two attached hydrogens (primary N) is 1. The van der Waals surface area contributed by atoms with Crippen molar-refractivity contribution in [2.45, 2.75) is 26.2 Å². The van der Waals surface area contributed by atoms with Gasteiger partial charge in [-0.25, -0.2) is 4.98 Å². The molecule has 3 N–H and O–H groups in total. The Labute approximate surface area is 175 Å². The zero-order valence-electron chi connectivity index (χ0n) is 16.5. The quantitative estimate of drug-likeness (QED) is 0.538. The Balaban J connectivity index is 1.49. The number of carbonyl (C=O) groups excluding carboxylic acids is 1. The van der Waals surface area contributed by atoms with Crippen LogP contribution < -0.4 is 14.6 Å². The van der Waals surface area contributed by atoms with E-state index in [2.05, 4.69) is 14.5 Å². The second kappa shape index (κ2) is 9.55. The minimum atomic E-state index is -4.04. The summed E-state index contributed by atoms with van der Waals surface area (Å²) in [6.07, 6.45) is 3.28. The highest BCUT2D eigenvalue weighted by atomic mass is 32.2. The van der Waals surface area contributed by atoms with Crippen LogP contribution in [0.3, 0.4) is 0 Å². The minimum Gasteiger partial charge on any atom is -0.444 e. The van der Waals surface area contributed by atoms with Crippen LogP contribution >= 0.6 is 0 Å². The van der Waals surface area contributed by atoms with Gasteiger partial charge in [0, 0.05) is 12.1 Å². The minimum absolute atomic E-state index is 0.0945. The van der Waals surface area contributed by atoms with E-state index in [9.17, 15) is 13.2 Å². The second-order valence-corrected chi connectivity index (χ2v) is 7.85. The maximum atomic E-state index is 12.3. The molecule has 0 fully saturated rings. The molecule has 2 aromatic carbocycles. The van der Waals surface area contributed by atoms with Gasteiger partial charge in [0.05, 0.1) is 12.1 Å². The summed E-state index contributed by atoms with van der Waals surface area (Å²) in [7, 11) is -4.04. The molecule has 1 aromatic heterocycles. The molecule has 9 heteroatoms. The van der Waals surface area contributed by atoms with Crippen LogP contribution in [-0.2, 0) is 34.4 Å². The molecule has 3 rings (SSSR count). The molecule has 0 aliphatic heterocycles. The lowest BCUT2D eigenvalue weighted by molar-refractivity contribution is -0.120. The van der Waals surface area contributed by atoms with Gasteiger partial charge in [-0.2, -0.15) is 13.6 Å². The molecule has 0 radical (unpaired) electrons. The maximum absolute atomic E-state index is 12.3. The van der Waals surface area contributed by atoms with Gasteiger partial charge in [-0.3, -0.25) is 4.79 Å². The standard InChI is InChI=1S/C21H23N3O5S/c1-2-18-14-28-21(24-18)17-5-3-4-16(12-17)13-20(25)23-11-10-15-6-8-19(9-7-15)29-30(22,26)27/h3-9,12,14H,2,10-11,13H2,1H3,(H,23,25)(H2,22,26,27). The van der Waals surface area contributed by atoms with Crippen molar-refractivity contribution >= 4 is 16.2 Å². The summed E-state index contributed by atoms with van der Waals surface area (Å²) in [5.74, 6) is 0.592. The number of amides is 1. The smallest absolute Gasteiger partial charge is 0.380 e. The molecule has 0 saturated carbocycles. The van der Waals surface area contributed by atoms with E-state index in [-0.39, 0.29) is 18.1 Å². The first-order chi connectivity index (χ1) is 14.3. The summed E-state index contributed by atoms with van der Waals surface area (Å²) >= 11 is 0. The zero-order chi connectivity index (χ0) is 21.6. The summed E-state index contributed by atoms with van der Waals surface area (Å²) in [6, 6.07) is 14.0. The maximum Gasteiger partial charge on any atom is 0.380 e. The van der Waals surface area contributed by atoms with E-state index in [1.807, 2.05) is 31.2 Å².